The van der Waals surface area contributed by atoms with E-state index in [9.17, 15) is 8.42 Å². The van der Waals surface area contributed by atoms with E-state index in [0.29, 0.717) is 6.54 Å². The first kappa shape index (κ1) is 14.8. The minimum Gasteiger partial charge on any atom is -0.291 e. The van der Waals surface area contributed by atoms with Crippen molar-refractivity contribution in [3.63, 3.8) is 0 Å². The van der Waals surface area contributed by atoms with Crippen LogP contribution in [0.4, 0.5) is 0 Å². The summed E-state index contributed by atoms with van der Waals surface area (Å²) in [7, 11) is -2.93. The molecule has 0 saturated carbocycles. The van der Waals surface area contributed by atoms with Gasteiger partial charge in [0.25, 0.3) is 0 Å². The molecule has 0 unspecified atom stereocenters. The largest absolute Gasteiger partial charge is 0.291 e. The lowest BCUT2D eigenvalue weighted by Crippen LogP contribution is -2.38. The van der Waals surface area contributed by atoms with E-state index in [2.05, 4.69) is 28.5 Å². The zero-order valence-electron chi connectivity index (χ0n) is 12.0. The molecule has 0 fully saturated rings. The standard InChI is InChI=1S/C16H19NO2S2/c1-21(18,19)12-10-17-9-7-15-14(8-11-20-15)16(17)13-5-3-2-4-6-13/h2-6,8,11,16H,7,9-10,12H2,1H3/t16-/m1/s1. The zero-order chi connectivity index (χ0) is 14.9. The van der Waals surface area contributed by atoms with Gasteiger partial charge in [-0.15, -0.1) is 11.3 Å². The SMILES string of the molecule is CS(=O)(=O)CCN1CCc2sccc2[C@H]1c1ccccc1. The predicted octanol–water partition coefficient (Wildman–Crippen LogP) is 2.74. The Labute approximate surface area is 130 Å². The number of hydrogen-bond donors (Lipinski definition) is 0. The third-order valence-electron chi connectivity index (χ3n) is 3.93. The fourth-order valence-corrected chi connectivity index (χ4v) is 4.39. The van der Waals surface area contributed by atoms with E-state index in [-0.39, 0.29) is 11.8 Å². The highest BCUT2D eigenvalue weighted by molar-refractivity contribution is 7.90. The molecule has 3 nitrogen and oxygen atoms in total. The van der Waals surface area contributed by atoms with Crippen molar-refractivity contribution in [1.29, 1.82) is 0 Å². The Morgan fingerprint density at radius 2 is 2.00 bits per heavy atom. The maximum Gasteiger partial charge on any atom is 0.148 e. The molecule has 3 rings (SSSR count). The minimum atomic E-state index is -2.93. The summed E-state index contributed by atoms with van der Waals surface area (Å²) >= 11 is 1.80. The number of thiophene rings is 1. The van der Waals surface area contributed by atoms with Gasteiger partial charge in [-0.3, -0.25) is 4.90 Å². The summed E-state index contributed by atoms with van der Waals surface area (Å²) in [6, 6.07) is 12.7. The highest BCUT2D eigenvalue weighted by atomic mass is 32.2. The van der Waals surface area contributed by atoms with Gasteiger partial charge in [0.2, 0.25) is 0 Å². The number of sulfone groups is 1. The first-order valence-corrected chi connectivity index (χ1v) is 10.0. The molecule has 0 aliphatic carbocycles. The molecule has 5 heteroatoms. The first-order chi connectivity index (χ1) is 10.0. The van der Waals surface area contributed by atoms with Gasteiger partial charge in [-0.2, -0.15) is 0 Å². The van der Waals surface area contributed by atoms with E-state index in [1.54, 1.807) is 11.3 Å². The van der Waals surface area contributed by atoms with Crippen LogP contribution in [0.15, 0.2) is 41.8 Å². The fraction of sp³-hybridized carbons (Fsp3) is 0.375. The molecular weight excluding hydrogens is 302 g/mol. The summed E-state index contributed by atoms with van der Waals surface area (Å²) < 4.78 is 23.0. The molecule has 2 heterocycles. The van der Waals surface area contributed by atoms with Gasteiger partial charge in [0.1, 0.15) is 9.84 Å². The van der Waals surface area contributed by atoms with Gasteiger partial charge < -0.3 is 0 Å². The van der Waals surface area contributed by atoms with Crippen LogP contribution in [0.2, 0.25) is 0 Å². The molecule has 1 aromatic heterocycles. The maximum absolute atomic E-state index is 11.5. The topological polar surface area (TPSA) is 37.4 Å². The van der Waals surface area contributed by atoms with E-state index in [1.807, 2.05) is 18.2 Å². The van der Waals surface area contributed by atoms with Crippen LogP contribution in [0.25, 0.3) is 0 Å². The Morgan fingerprint density at radius 1 is 1.24 bits per heavy atom. The second-order valence-electron chi connectivity index (χ2n) is 5.53. The number of rotatable bonds is 4. The fourth-order valence-electron chi connectivity index (χ4n) is 2.92. The van der Waals surface area contributed by atoms with E-state index >= 15 is 0 Å². The van der Waals surface area contributed by atoms with Gasteiger partial charge >= 0.3 is 0 Å². The minimum absolute atomic E-state index is 0.183. The molecule has 0 spiro atoms. The number of hydrogen-bond acceptors (Lipinski definition) is 4. The van der Waals surface area contributed by atoms with Gasteiger partial charge in [0.15, 0.2) is 0 Å². The molecular formula is C16H19NO2S2. The summed E-state index contributed by atoms with van der Waals surface area (Å²) in [6.07, 6.45) is 2.32. The van der Waals surface area contributed by atoms with Gasteiger partial charge in [-0.1, -0.05) is 30.3 Å². The van der Waals surface area contributed by atoms with E-state index in [1.165, 1.54) is 22.3 Å². The van der Waals surface area contributed by atoms with E-state index < -0.39 is 9.84 Å². The lowest BCUT2D eigenvalue weighted by atomic mass is 9.93. The van der Waals surface area contributed by atoms with Crippen molar-refractivity contribution in [3.05, 3.63) is 57.8 Å². The molecule has 1 atom stereocenters. The molecule has 21 heavy (non-hydrogen) atoms. The Hall–Kier alpha value is -1.17. The normalized spacial score (nSPS) is 19.4. The Balaban J connectivity index is 1.93. The number of nitrogens with zero attached hydrogens (tertiary/aromatic N) is 1. The Kier molecular flexibility index (Phi) is 4.15. The molecule has 0 saturated heterocycles. The molecule has 1 aromatic carbocycles. The van der Waals surface area contributed by atoms with Crippen molar-refractivity contribution in [3.8, 4) is 0 Å². The molecule has 1 aliphatic heterocycles. The van der Waals surface area contributed by atoms with Crippen molar-refractivity contribution >= 4 is 21.2 Å². The van der Waals surface area contributed by atoms with Crippen LogP contribution >= 0.6 is 11.3 Å². The van der Waals surface area contributed by atoms with Crippen molar-refractivity contribution in [2.75, 3.05) is 25.1 Å². The third kappa shape index (κ3) is 3.36. The van der Waals surface area contributed by atoms with Crippen molar-refractivity contribution in [1.82, 2.24) is 4.90 Å². The van der Waals surface area contributed by atoms with Gasteiger partial charge in [0, 0.05) is 24.2 Å². The Morgan fingerprint density at radius 3 is 2.71 bits per heavy atom. The monoisotopic (exact) mass is 321 g/mol. The second-order valence-corrected chi connectivity index (χ2v) is 8.79. The summed E-state index contributed by atoms with van der Waals surface area (Å²) in [6.45, 7) is 1.51. The van der Waals surface area contributed by atoms with E-state index in [4.69, 9.17) is 0 Å². The lowest BCUT2D eigenvalue weighted by molar-refractivity contribution is 0.228. The van der Waals surface area contributed by atoms with E-state index in [0.717, 1.165) is 13.0 Å². The molecule has 0 radical (unpaired) electrons. The molecule has 1 aliphatic rings. The van der Waals surface area contributed by atoms with Crippen LogP contribution in [-0.2, 0) is 16.3 Å². The van der Waals surface area contributed by atoms with Crippen molar-refractivity contribution in [2.45, 2.75) is 12.5 Å². The number of fused-ring (bicyclic) bond motifs is 1. The summed E-state index contributed by atoms with van der Waals surface area (Å²) in [5.41, 5.74) is 2.58. The number of benzene rings is 1. The van der Waals surface area contributed by atoms with Crippen LogP contribution in [0, 0.1) is 0 Å². The van der Waals surface area contributed by atoms with Crippen LogP contribution < -0.4 is 0 Å². The molecule has 0 bridgehead atoms. The highest BCUT2D eigenvalue weighted by Crippen LogP contribution is 2.37. The predicted molar refractivity (Wildman–Crippen MR) is 87.6 cm³/mol. The van der Waals surface area contributed by atoms with Crippen LogP contribution in [0.5, 0.6) is 0 Å². The van der Waals surface area contributed by atoms with Crippen molar-refractivity contribution < 1.29 is 8.42 Å². The summed E-state index contributed by atoms with van der Waals surface area (Å²) in [5.74, 6) is 0.218. The van der Waals surface area contributed by atoms with Crippen molar-refractivity contribution in [2.24, 2.45) is 0 Å². The molecule has 2 aromatic rings. The highest BCUT2D eigenvalue weighted by Gasteiger charge is 2.29. The summed E-state index contributed by atoms with van der Waals surface area (Å²) in [5, 5.41) is 2.14. The zero-order valence-corrected chi connectivity index (χ0v) is 13.7. The van der Waals surface area contributed by atoms with Gasteiger partial charge in [-0.05, 0) is 29.0 Å². The third-order valence-corrected chi connectivity index (χ3v) is 5.85. The maximum atomic E-state index is 11.5. The quantitative estimate of drug-likeness (QED) is 0.869. The van der Waals surface area contributed by atoms with Crippen LogP contribution in [0.3, 0.4) is 0 Å². The van der Waals surface area contributed by atoms with Gasteiger partial charge in [-0.25, -0.2) is 8.42 Å². The molecule has 0 N–H and O–H groups in total. The smallest absolute Gasteiger partial charge is 0.148 e. The Bertz CT molecular complexity index is 707. The average molecular weight is 321 g/mol. The van der Waals surface area contributed by atoms with Crippen LogP contribution in [0.1, 0.15) is 22.0 Å². The molecule has 112 valence electrons. The molecule has 0 amide bonds. The summed E-state index contributed by atoms with van der Waals surface area (Å²) in [4.78, 5) is 3.73. The van der Waals surface area contributed by atoms with Gasteiger partial charge in [0.05, 0.1) is 11.8 Å². The second kappa shape index (κ2) is 5.91. The first-order valence-electron chi connectivity index (χ1n) is 7.07. The lowest BCUT2D eigenvalue weighted by Gasteiger charge is -2.36. The average Bonchev–Trinajstić information content (AvgIpc) is 2.93. The van der Waals surface area contributed by atoms with Crippen LogP contribution in [-0.4, -0.2) is 38.4 Å².